The number of unbranched alkanes of at least 4 members (excludes halogenated alkanes) is 1. The number of methoxy groups -OCH3 is 2. The molecule has 7 nitrogen and oxygen atoms in total. The van der Waals surface area contributed by atoms with Crippen molar-refractivity contribution < 1.29 is 14.3 Å². The van der Waals surface area contributed by atoms with E-state index in [0.717, 1.165) is 31.4 Å². The molecule has 0 unspecified atom stereocenters. The molecule has 2 aromatic rings. The van der Waals surface area contributed by atoms with Crippen LogP contribution in [0.15, 0.2) is 29.4 Å². The van der Waals surface area contributed by atoms with E-state index < -0.39 is 0 Å². The minimum atomic E-state index is -0.0274. The Bertz CT molecular complexity index is 838. The van der Waals surface area contributed by atoms with Gasteiger partial charge in [0, 0.05) is 26.2 Å². The van der Waals surface area contributed by atoms with E-state index in [1.54, 1.807) is 20.3 Å². The third kappa shape index (κ3) is 7.57. The van der Waals surface area contributed by atoms with Gasteiger partial charge in [-0.3, -0.25) is 4.79 Å². The lowest BCUT2D eigenvalue weighted by Gasteiger charge is -2.19. The van der Waals surface area contributed by atoms with Crippen molar-refractivity contribution in [3.05, 3.63) is 35.0 Å². The highest BCUT2D eigenvalue weighted by atomic mass is 35.5. The zero-order chi connectivity index (χ0) is 21.9. The summed E-state index contributed by atoms with van der Waals surface area (Å²) in [4.78, 5) is 22.7. The number of hydrogen-bond acceptors (Lipinski definition) is 7. The Balaban J connectivity index is 1.95. The fraction of sp³-hybridized carbons (Fsp3) is 0.476. The number of carbonyl (C=O) groups excluding carboxylic acids is 1. The third-order valence-electron chi connectivity index (χ3n) is 4.42. The molecule has 0 saturated heterocycles. The SMILES string of the molecule is CCCCNC(=O)CSc1nc(Cl)cc(N(C)CCc2ccc(OC)c(OC)c2)n1. The van der Waals surface area contributed by atoms with Gasteiger partial charge < -0.3 is 19.7 Å². The summed E-state index contributed by atoms with van der Waals surface area (Å²) in [5.41, 5.74) is 1.12. The molecule has 164 valence electrons. The Kier molecular flexibility index (Phi) is 10.0. The van der Waals surface area contributed by atoms with Crippen LogP contribution in [0.1, 0.15) is 25.3 Å². The Morgan fingerprint density at radius 2 is 1.97 bits per heavy atom. The molecule has 0 aliphatic carbocycles. The number of aromatic nitrogens is 2. The third-order valence-corrected chi connectivity index (χ3v) is 5.46. The average molecular weight is 453 g/mol. The van der Waals surface area contributed by atoms with Crippen molar-refractivity contribution in [1.82, 2.24) is 15.3 Å². The molecule has 0 aliphatic rings. The number of anilines is 1. The first-order valence-corrected chi connectivity index (χ1v) is 11.2. The fourth-order valence-electron chi connectivity index (χ4n) is 2.68. The Labute approximate surface area is 187 Å². The number of amides is 1. The van der Waals surface area contributed by atoms with Crippen molar-refractivity contribution in [1.29, 1.82) is 0 Å². The summed E-state index contributed by atoms with van der Waals surface area (Å²) >= 11 is 7.46. The van der Waals surface area contributed by atoms with Crippen LogP contribution in [0.5, 0.6) is 11.5 Å². The quantitative estimate of drug-likeness (QED) is 0.227. The Hall–Kier alpha value is -2.19. The van der Waals surface area contributed by atoms with Crippen molar-refractivity contribution in [3.63, 3.8) is 0 Å². The number of halogens is 1. The van der Waals surface area contributed by atoms with Crippen LogP contribution in [-0.4, -0.2) is 56.0 Å². The Morgan fingerprint density at radius 3 is 2.67 bits per heavy atom. The van der Waals surface area contributed by atoms with Gasteiger partial charge in [-0.05, 0) is 30.5 Å². The second-order valence-corrected chi connectivity index (χ2v) is 8.01. The second-order valence-electron chi connectivity index (χ2n) is 6.68. The predicted molar refractivity (Wildman–Crippen MR) is 122 cm³/mol. The summed E-state index contributed by atoms with van der Waals surface area (Å²) in [6, 6.07) is 7.61. The Morgan fingerprint density at radius 1 is 1.20 bits per heavy atom. The standard InChI is InChI=1S/C21H29ClN4O3S/c1-5-6-10-23-20(27)14-30-21-24-18(22)13-19(25-21)26(2)11-9-15-7-8-16(28-3)17(12-15)29-4/h7-8,12-13H,5-6,9-11,14H2,1-4H3,(H,23,27). The minimum absolute atomic E-state index is 0.0274. The van der Waals surface area contributed by atoms with E-state index in [9.17, 15) is 4.79 Å². The number of hydrogen-bond donors (Lipinski definition) is 1. The van der Waals surface area contributed by atoms with Gasteiger partial charge in [0.05, 0.1) is 20.0 Å². The van der Waals surface area contributed by atoms with Crippen LogP contribution >= 0.6 is 23.4 Å². The van der Waals surface area contributed by atoms with Crippen molar-refractivity contribution in [3.8, 4) is 11.5 Å². The summed E-state index contributed by atoms with van der Waals surface area (Å²) in [5.74, 6) is 2.36. The maximum atomic E-state index is 11.9. The number of rotatable bonds is 12. The summed E-state index contributed by atoms with van der Waals surface area (Å²) in [7, 11) is 5.19. The molecule has 0 aliphatic heterocycles. The zero-order valence-electron chi connectivity index (χ0n) is 17.9. The predicted octanol–water partition coefficient (Wildman–Crippen LogP) is 3.83. The molecule has 0 saturated carbocycles. The van der Waals surface area contributed by atoms with Gasteiger partial charge in [-0.25, -0.2) is 9.97 Å². The topological polar surface area (TPSA) is 76.6 Å². The summed E-state index contributed by atoms with van der Waals surface area (Å²) in [6.45, 7) is 3.50. The average Bonchev–Trinajstić information content (AvgIpc) is 2.75. The molecule has 0 fully saturated rings. The van der Waals surface area contributed by atoms with Gasteiger partial charge in [-0.2, -0.15) is 0 Å². The molecule has 0 spiro atoms. The molecular formula is C21H29ClN4O3S. The number of thioether (sulfide) groups is 1. The van der Waals surface area contributed by atoms with Gasteiger partial charge in [0.1, 0.15) is 11.0 Å². The molecule has 1 amide bonds. The van der Waals surface area contributed by atoms with Gasteiger partial charge in [-0.1, -0.05) is 42.8 Å². The van der Waals surface area contributed by atoms with E-state index in [2.05, 4.69) is 22.2 Å². The smallest absolute Gasteiger partial charge is 0.230 e. The first-order valence-electron chi connectivity index (χ1n) is 9.83. The zero-order valence-corrected chi connectivity index (χ0v) is 19.5. The van der Waals surface area contributed by atoms with Crippen molar-refractivity contribution in [2.75, 3.05) is 45.0 Å². The van der Waals surface area contributed by atoms with Gasteiger partial charge in [-0.15, -0.1) is 0 Å². The van der Waals surface area contributed by atoms with Crippen LogP contribution in [-0.2, 0) is 11.2 Å². The maximum absolute atomic E-state index is 11.9. The van der Waals surface area contributed by atoms with Crippen LogP contribution in [0.4, 0.5) is 5.82 Å². The second kappa shape index (κ2) is 12.5. The van der Waals surface area contributed by atoms with E-state index in [0.29, 0.717) is 34.2 Å². The van der Waals surface area contributed by atoms with E-state index in [-0.39, 0.29) is 11.7 Å². The van der Waals surface area contributed by atoms with Crippen LogP contribution < -0.4 is 19.7 Å². The maximum Gasteiger partial charge on any atom is 0.230 e. The summed E-state index contributed by atoms with van der Waals surface area (Å²) < 4.78 is 10.6. The highest BCUT2D eigenvalue weighted by Gasteiger charge is 2.11. The number of nitrogens with one attached hydrogen (secondary N) is 1. The van der Waals surface area contributed by atoms with E-state index in [1.807, 2.05) is 30.1 Å². The summed E-state index contributed by atoms with van der Waals surface area (Å²) in [5, 5.41) is 3.72. The minimum Gasteiger partial charge on any atom is -0.493 e. The van der Waals surface area contributed by atoms with E-state index in [1.165, 1.54) is 11.8 Å². The van der Waals surface area contributed by atoms with Gasteiger partial charge in [0.15, 0.2) is 16.7 Å². The van der Waals surface area contributed by atoms with E-state index >= 15 is 0 Å². The molecule has 0 bridgehead atoms. The monoisotopic (exact) mass is 452 g/mol. The molecule has 1 N–H and O–H groups in total. The molecule has 0 atom stereocenters. The van der Waals surface area contributed by atoms with Crippen molar-refractivity contribution in [2.45, 2.75) is 31.3 Å². The number of benzene rings is 1. The van der Waals surface area contributed by atoms with Crippen molar-refractivity contribution >= 4 is 35.1 Å². The molecule has 1 aromatic carbocycles. The number of likely N-dealkylation sites (N-methyl/N-ethyl adjacent to an activating group) is 1. The molecular weight excluding hydrogens is 424 g/mol. The molecule has 9 heteroatoms. The highest BCUT2D eigenvalue weighted by molar-refractivity contribution is 7.99. The van der Waals surface area contributed by atoms with Crippen LogP contribution in [0, 0.1) is 0 Å². The van der Waals surface area contributed by atoms with E-state index in [4.69, 9.17) is 21.1 Å². The highest BCUT2D eigenvalue weighted by Crippen LogP contribution is 2.28. The fourth-order valence-corrected chi connectivity index (χ4v) is 3.59. The first kappa shape index (κ1) is 24.1. The lowest BCUT2D eigenvalue weighted by molar-refractivity contribution is -0.118. The van der Waals surface area contributed by atoms with Crippen molar-refractivity contribution in [2.24, 2.45) is 0 Å². The van der Waals surface area contributed by atoms with Crippen LogP contribution in [0.2, 0.25) is 5.15 Å². The first-order chi connectivity index (χ1) is 14.5. The normalized spacial score (nSPS) is 10.6. The van der Waals surface area contributed by atoms with Gasteiger partial charge in [0.25, 0.3) is 0 Å². The van der Waals surface area contributed by atoms with Crippen LogP contribution in [0.3, 0.4) is 0 Å². The number of nitrogens with zero attached hydrogens (tertiary/aromatic N) is 3. The molecule has 2 rings (SSSR count). The molecule has 30 heavy (non-hydrogen) atoms. The molecule has 1 aromatic heterocycles. The number of carbonyl (C=O) groups is 1. The number of ether oxygens (including phenoxy) is 2. The van der Waals surface area contributed by atoms with Gasteiger partial charge in [0.2, 0.25) is 5.91 Å². The largest absolute Gasteiger partial charge is 0.493 e. The van der Waals surface area contributed by atoms with Gasteiger partial charge >= 0.3 is 0 Å². The summed E-state index contributed by atoms with van der Waals surface area (Å²) in [6.07, 6.45) is 2.81. The lowest BCUT2D eigenvalue weighted by Crippen LogP contribution is -2.26. The molecule has 0 radical (unpaired) electrons. The molecule has 1 heterocycles. The van der Waals surface area contributed by atoms with Crippen LogP contribution in [0.25, 0.3) is 0 Å². The lowest BCUT2D eigenvalue weighted by atomic mass is 10.1.